The fourth-order valence-electron chi connectivity index (χ4n) is 2.45. The summed E-state index contributed by atoms with van der Waals surface area (Å²) in [6, 6.07) is 14.4. The van der Waals surface area contributed by atoms with Crippen LogP contribution in [0, 0.1) is 13.8 Å². The van der Waals surface area contributed by atoms with E-state index in [1.54, 1.807) is 0 Å². The van der Waals surface area contributed by atoms with E-state index in [-0.39, 0.29) is 24.5 Å². The lowest BCUT2D eigenvalue weighted by atomic mass is 9.93. The van der Waals surface area contributed by atoms with Crippen molar-refractivity contribution in [3.63, 3.8) is 0 Å². The van der Waals surface area contributed by atoms with E-state index in [9.17, 15) is 0 Å². The van der Waals surface area contributed by atoms with Crippen LogP contribution < -0.4 is 16.8 Å². The van der Waals surface area contributed by atoms with Crippen LogP contribution in [0.2, 0.25) is 0 Å². The third kappa shape index (κ3) is 5.15. The van der Waals surface area contributed by atoms with Gasteiger partial charge in [-0.1, -0.05) is 30.3 Å². The highest BCUT2D eigenvalue weighted by molar-refractivity contribution is 7.80. The van der Waals surface area contributed by atoms with Crippen LogP contribution in [0.15, 0.2) is 42.5 Å². The Labute approximate surface area is 150 Å². The Morgan fingerprint density at radius 2 is 1.78 bits per heavy atom. The highest BCUT2D eigenvalue weighted by Crippen LogP contribution is 2.26. The second-order valence-electron chi connectivity index (χ2n) is 5.72. The van der Waals surface area contributed by atoms with Crippen molar-refractivity contribution in [2.24, 2.45) is 11.5 Å². The van der Waals surface area contributed by atoms with Crippen molar-refractivity contribution >= 4 is 30.7 Å². The summed E-state index contributed by atoms with van der Waals surface area (Å²) in [6.45, 7) is 4.94. The molecule has 23 heavy (non-hydrogen) atoms. The summed E-state index contributed by atoms with van der Waals surface area (Å²) in [5.74, 6) is 0.661. The van der Waals surface area contributed by atoms with Gasteiger partial charge in [0.05, 0.1) is 6.04 Å². The first-order valence-corrected chi connectivity index (χ1v) is 8.18. The summed E-state index contributed by atoms with van der Waals surface area (Å²) >= 11 is 4.20. The van der Waals surface area contributed by atoms with Crippen molar-refractivity contribution in [3.05, 3.63) is 64.7 Å². The van der Waals surface area contributed by atoms with Gasteiger partial charge in [-0.3, -0.25) is 0 Å². The molecular weight excluding hydrogens is 326 g/mol. The molecule has 2 aromatic carbocycles. The number of anilines is 1. The topological polar surface area (TPSA) is 64.1 Å². The zero-order valence-electron chi connectivity index (χ0n) is 13.6. The van der Waals surface area contributed by atoms with Gasteiger partial charge in [-0.05, 0) is 48.2 Å². The van der Waals surface area contributed by atoms with E-state index >= 15 is 0 Å². The standard InChI is InChI=1S/C18H25N3S.ClH/c1-12-5-3-8-17(13(12)2)18(20)14-6-4-7-16(9-14)21-10-15(19)11-22;/h3-9,15,18,21-22H,10-11,19-20H2,1-2H3;1H. The second kappa shape index (κ2) is 9.18. The SMILES string of the molecule is Cc1cccc(C(N)c2cccc(NCC(N)CS)c2)c1C.Cl. The number of nitrogens with one attached hydrogen (secondary N) is 1. The van der Waals surface area contributed by atoms with Gasteiger partial charge < -0.3 is 16.8 Å². The van der Waals surface area contributed by atoms with Crippen LogP contribution in [-0.4, -0.2) is 18.3 Å². The first kappa shape index (κ1) is 19.8. The van der Waals surface area contributed by atoms with Crippen LogP contribution in [0.25, 0.3) is 0 Å². The van der Waals surface area contributed by atoms with Gasteiger partial charge in [-0.25, -0.2) is 0 Å². The van der Waals surface area contributed by atoms with Gasteiger partial charge in [-0.15, -0.1) is 12.4 Å². The quantitative estimate of drug-likeness (QED) is 0.603. The Kier molecular flexibility index (Phi) is 7.92. The number of benzene rings is 2. The van der Waals surface area contributed by atoms with Gasteiger partial charge >= 0.3 is 0 Å². The average molecular weight is 352 g/mol. The predicted molar refractivity (Wildman–Crippen MR) is 106 cm³/mol. The summed E-state index contributed by atoms with van der Waals surface area (Å²) in [6.07, 6.45) is 0. The third-order valence-corrected chi connectivity index (χ3v) is 4.50. The number of hydrogen-bond donors (Lipinski definition) is 4. The molecule has 0 aromatic heterocycles. The van der Waals surface area contributed by atoms with Gasteiger partial charge in [0.1, 0.15) is 0 Å². The van der Waals surface area contributed by atoms with Gasteiger partial charge in [0.25, 0.3) is 0 Å². The van der Waals surface area contributed by atoms with Crippen LogP contribution in [0.4, 0.5) is 5.69 Å². The molecule has 0 heterocycles. The summed E-state index contributed by atoms with van der Waals surface area (Å²) in [7, 11) is 0. The molecule has 0 aliphatic heterocycles. The number of nitrogens with two attached hydrogens (primary N) is 2. The Bertz CT molecular complexity index is 633. The zero-order valence-corrected chi connectivity index (χ0v) is 15.3. The molecule has 0 aliphatic rings. The average Bonchev–Trinajstić information content (AvgIpc) is 2.54. The normalized spacial score (nSPS) is 13.1. The summed E-state index contributed by atoms with van der Waals surface area (Å²) in [5.41, 5.74) is 18.2. The first-order chi connectivity index (χ1) is 10.5. The molecule has 2 atom stereocenters. The van der Waals surface area contributed by atoms with Crippen LogP contribution >= 0.6 is 25.0 Å². The smallest absolute Gasteiger partial charge is 0.0555 e. The van der Waals surface area contributed by atoms with E-state index in [4.69, 9.17) is 11.5 Å². The minimum absolute atomic E-state index is 0. The maximum atomic E-state index is 6.47. The minimum atomic E-state index is -0.125. The first-order valence-electron chi connectivity index (χ1n) is 7.55. The van der Waals surface area contributed by atoms with Crippen molar-refractivity contribution in [3.8, 4) is 0 Å². The lowest BCUT2D eigenvalue weighted by Gasteiger charge is -2.18. The predicted octanol–water partition coefficient (Wildman–Crippen LogP) is 3.44. The van der Waals surface area contributed by atoms with E-state index in [1.165, 1.54) is 16.7 Å². The lowest BCUT2D eigenvalue weighted by Crippen LogP contribution is -2.30. The third-order valence-electron chi connectivity index (χ3n) is 4.03. The van der Waals surface area contributed by atoms with Crippen LogP contribution in [-0.2, 0) is 0 Å². The van der Waals surface area contributed by atoms with E-state index in [0.29, 0.717) is 12.3 Å². The molecular formula is C18H26ClN3S. The lowest BCUT2D eigenvalue weighted by molar-refractivity contribution is 0.792. The monoisotopic (exact) mass is 351 g/mol. The molecule has 0 saturated heterocycles. The number of halogens is 1. The number of rotatable bonds is 6. The minimum Gasteiger partial charge on any atom is -0.383 e. The highest BCUT2D eigenvalue weighted by atomic mass is 35.5. The van der Waals surface area contributed by atoms with Gasteiger partial charge in [-0.2, -0.15) is 12.6 Å². The molecule has 5 N–H and O–H groups in total. The molecule has 2 aromatic rings. The van der Waals surface area contributed by atoms with Crippen molar-refractivity contribution < 1.29 is 0 Å². The molecule has 0 amide bonds. The highest BCUT2D eigenvalue weighted by Gasteiger charge is 2.13. The summed E-state index contributed by atoms with van der Waals surface area (Å²) in [4.78, 5) is 0. The molecule has 5 heteroatoms. The van der Waals surface area contributed by atoms with Crippen LogP contribution in [0.1, 0.15) is 28.3 Å². The van der Waals surface area contributed by atoms with Gasteiger partial charge in [0, 0.05) is 24.0 Å². The van der Waals surface area contributed by atoms with Crippen molar-refractivity contribution in [1.82, 2.24) is 0 Å². The van der Waals surface area contributed by atoms with E-state index < -0.39 is 0 Å². The molecule has 0 saturated carbocycles. The molecule has 2 rings (SSSR count). The molecule has 3 nitrogen and oxygen atoms in total. The molecule has 2 unspecified atom stereocenters. The Hall–Kier alpha value is -1.20. The number of thiol groups is 1. The van der Waals surface area contributed by atoms with Gasteiger partial charge in [0.15, 0.2) is 0 Å². The second-order valence-corrected chi connectivity index (χ2v) is 6.08. The van der Waals surface area contributed by atoms with E-state index in [0.717, 1.165) is 11.3 Å². The molecule has 0 radical (unpaired) electrons. The van der Waals surface area contributed by atoms with Gasteiger partial charge in [0.2, 0.25) is 0 Å². The molecule has 126 valence electrons. The van der Waals surface area contributed by atoms with Crippen LogP contribution in [0.5, 0.6) is 0 Å². The Morgan fingerprint density at radius 1 is 1.09 bits per heavy atom. The molecule has 0 spiro atoms. The maximum Gasteiger partial charge on any atom is 0.0555 e. The van der Waals surface area contributed by atoms with E-state index in [2.05, 4.69) is 62.1 Å². The zero-order chi connectivity index (χ0) is 16.1. The number of aryl methyl sites for hydroxylation is 1. The number of hydrogen-bond acceptors (Lipinski definition) is 4. The van der Waals surface area contributed by atoms with Crippen molar-refractivity contribution in [2.75, 3.05) is 17.6 Å². The Morgan fingerprint density at radius 3 is 2.48 bits per heavy atom. The fraction of sp³-hybridized carbons (Fsp3) is 0.333. The summed E-state index contributed by atoms with van der Waals surface area (Å²) < 4.78 is 0. The molecule has 0 fully saturated rings. The largest absolute Gasteiger partial charge is 0.383 e. The maximum absolute atomic E-state index is 6.47. The molecule has 0 aliphatic carbocycles. The fourth-order valence-corrected chi connectivity index (χ4v) is 2.57. The summed E-state index contributed by atoms with van der Waals surface area (Å²) in [5, 5.41) is 3.34. The van der Waals surface area contributed by atoms with E-state index in [1.807, 2.05) is 12.1 Å². The molecule has 0 bridgehead atoms. The van der Waals surface area contributed by atoms with Crippen molar-refractivity contribution in [2.45, 2.75) is 25.9 Å². The van der Waals surface area contributed by atoms with Crippen LogP contribution in [0.3, 0.4) is 0 Å². The Balaban J connectivity index is 0.00000264. The van der Waals surface area contributed by atoms with Crippen molar-refractivity contribution in [1.29, 1.82) is 0 Å².